The predicted octanol–water partition coefficient (Wildman–Crippen LogP) is 3.42. The molecule has 152 valence electrons. The van der Waals surface area contributed by atoms with Crippen LogP contribution in [-0.4, -0.2) is 21.9 Å². The zero-order valence-corrected chi connectivity index (χ0v) is 16.9. The minimum absolute atomic E-state index is 0.0770. The number of ether oxygens (including phenoxy) is 1. The molecule has 1 aliphatic heterocycles. The number of rotatable bonds is 4. The second-order valence-corrected chi connectivity index (χ2v) is 8.57. The number of hydrogen-bond donors (Lipinski definition) is 3. The van der Waals surface area contributed by atoms with Crippen LogP contribution in [0, 0.1) is 5.92 Å². The van der Waals surface area contributed by atoms with Crippen LogP contribution in [0.1, 0.15) is 67.1 Å². The van der Waals surface area contributed by atoms with Gasteiger partial charge in [-0.2, -0.15) is 0 Å². The SMILES string of the molecule is CC(C)CC(=O)Nc1cccc2c1C(=O)C1(O)c3ccc(C(C)C)cc3OC21O. The molecule has 3 N–H and O–H groups in total. The van der Waals surface area contributed by atoms with Gasteiger partial charge in [-0.25, -0.2) is 0 Å². The Balaban J connectivity index is 1.81. The Bertz CT molecular complexity index is 1030. The van der Waals surface area contributed by atoms with E-state index in [1.165, 1.54) is 0 Å². The highest BCUT2D eigenvalue weighted by Gasteiger charge is 2.71. The molecule has 4 rings (SSSR count). The summed E-state index contributed by atoms with van der Waals surface area (Å²) in [7, 11) is 0. The lowest BCUT2D eigenvalue weighted by molar-refractivity contribution is -0.224. The summed E-state index contributed by atoms with van der Waals surface area (Å²) in [5.74, 6) is -2.50. The van der Waals surface area contributed by atoms with Crippen molar-refractivity contribution in [1.29, 1.82) is 0 Å². The van der Waals surface area contributed by atoms with Crippen LogP contribution in [0.5, 0.6) is 5.75 Å². The van der Waals surface area contributed by atoms with Crippen LogP contribution in [0.3, 0.4) is 0 Å². The van der Waals surface area contributed by atoms with Gasteiger partial charge in [-0.15, -0.1) is 0 Å². The Morgan fingerprint density at radius 3 is 2.48 bits per heavy atom. The van der Waals surface area contributed by atoms with Crippen LogP contribution < -0.4 is 10.1 Å². The normalized spacial score (nSPS) is 24.3. The van der Waals surface area contributed by atoms with E-state index >= 15 is 0 Å². The molecule has 0 aromatic heterocycles. The molecule has 6 heteroatoms. The highest BCUT2D eigenvalue weighted by Crippen LogP contribution is 2.59. The molecule has 2 aromatic rings. The summed E-state index contributed by atoms with van der Waals surface area (Å²) in [6.07, 6.45) is 0.295. The van der Waals surface area contributed by atoms with Gasteiger partial charge in [0.25, 0.3) is 5.79 Å². The summed E-state index contributed by atoms with van der Waals surface area (Å²) in [5.41, 5.74) is -0.580. The van der Waals surface area contributed by atoms with Crippen molar-refractivity contribution in [3.8, 4) is 5.75 Å². The third-order valence-electron chi connectivity index (χ3n) is 5.66. The maximum atomic E-state index is 13.4. The van der Waals surface area contributed by atoms with Crippen molar-refractivity contribution in [3.05, 3.63) is 58.7 Å². The molecule has 0 saturated carbocycles. The van der Waals surface area contributed by atoms with E-state index in [-0.39, 0.29) is 45.9 Å². The zero-order valence-electron chi connectivity index (χ0n) is 16.9. The molecular weight excluding hydrogens is 370 g/mol. The van der Waals surface area contributed by atoms with Gasteiger partial charge in [-0.3, -0.25) is 9.59 Å². The lowest BCUT2D eigenvalue weighted by Crippen LogP contribution is -2.48. The van der Waals surface area contributed by atoms with Crippen LogP contribution in [-0.2, 0) is 16.2 Å². The van der Waals surface area contributed by atoms with Gasteiger partial charge >= 0.3 is 0 Å². The van der Waals surface area contributed by atoms with Gasteiger partial charge in [0, 0.05) is 17.5 Å². The molecule has 1 amide bonds. The first-order valence-corrected chi connectivity index (χ1v) is 9.86. The van der Waals surface area contributed by atoms with Crippen molar-refractivity contribution >= 4 is 17.4 Å². The molecule has 29 heavy (non-hydrogen) atoms. The van der Waals surface area contributed by atoms with Crippen molar-refractivity contribution < 1.29 is 24.5 Å². The number of amides is 1. The van der Waals surface area contributed by atoms with E-state index in [1.807, 2.05) is 33.8 Å². The molecule has 0 radical (unpaired) electrons. The number of anilines is 1. The van der Waals surface area contributed by atoms with E-state index in [0.717, 1.165) is 5.56 Å². The molecule has 1 heterocycles. The van der Waals surface area contributed by atoms with E-state index in [0.29, 0.717) is 6.42 Å². The fourth-order valence-electron chi connectivity index (χ4n) is 4.16. The molecule has 2 unspecified atom stereocenters. The topological polar surface area (TPSA) is 95.9 Å². The summed E-state index contributed by atoms with van der Waals surface area (Å²) < 4.78 is 5.81. The van der Waals surface area contributed by atoms with Gasteiger partial charge in [0.2, 0.25) is 17.3 Å². The highest BCUT2D eigenvalue weighted by molar-refractivity contribution is 6.14. The van der Waals surface area contributed by atoms with Gasteiger partial charge < -0.3 is 20.3 Å². The lowest BCUT2D eigenvalue weighted by atomic mass is 9.86. The van der Waals surface area contributed by atoms with Crippen molar-refractivity contribution in [2.24, 2.45) is 5.92 Å². The Morgan fingerprint density at radius 2 is 1.83 bits per heavy atom. The van der Waals surface area contributed by atoms with E-state index in [2.05, 4.69) is 5.32 Å². The first kappa shape index (κ1) is 19.6. The molecule has 6 nitrogen and oxygen atoms in total. The number of carbonyl (C=O) groups is 2. The monoisotopic (exact) mass is 395 g/mol. The third-order valence-corrected chi connectivity index (χ3v) is 5.66. The zero-order chi connectivity index (χ0) is 21.1. The molecule has 0 bridgehead atoms. The van der Waals surface area contributed by atoms with Crippen molar-refractivity contribution in [2.75, 3.05) is 5.32 Å². The number of benzene rings is 2. The highest BCUT2D eigenvalue weighted by atomic mass is 16.7. The fraction of sp³-hybridized carbons (Fsp3) is 0.391. The van der Waals surface area contributed by atoms with E-state index in [4.69, 9.17) is 4.74 Å². The summed E-state index contributed by atoms with van der Waals surface area (Å²) in [4.78, 5) is 25.6. The largest absolute Gasteiger partial charge is 0.454 e. The molecule has 0 saturated heterocycles. The molecule has 1 aliphatic carbocycles. The molecular formula is C23H25NO5. The fourth-order valence-corrected chi connectivity index (χ4v) is 4.16. The maximum Gasteiger partial charge on any atom is 0.276 e. The third kappa shape index (κ3) is 2.63. The summed E-state index contributed by atoms with van der Waals surface area (Å²) in [6.45, 7) is 7.89. The summed E-state index contributed by atoms with van der Waals surface area (Å²) >= 11 is 0. The van der Waals surface area contributed by atoms with Crippen LogP contribution in [0.15, 0.2) is 36.4 Å². The van der Waals surface area contributed by atoms with Gasteiger partial charge in [-0.05, 0) is 29.5 Å². The van der Waals surface area contributed by atoms with Gasteiger partial charge in [0.05, 0.1) is 11.3 Å². The number of aliphatic hydroxyl groups is 2. The van der Waals surface area contributed by atoms with E-state index in [9.17, 15) is 19.8 Å². The predicted molar refractivity (Wildman–Crippen MR) is 108 cm³/mol. The Kier molecular flexibility index (Phi) is 4.33. The number of ketones is 1. The molecule has 0 spiro atoms. The van der Waals surface area contributed by atoms with Gasteiger partial charge in [0.15, 0.2) is 0 Å². The number of nitrogens with one attached hydrogen (secondary N) is 1. The van der Waals surface area contributed by atoms with E-state index in [1.54, 1.807) is 30.3 Å². The lowest BCUT2D eigenvalue weighted by Gasteiger charge is -2.28. The minimum atomic E-state index is -2.26. The van der Waals surface area contributed by atoms with Crippen molar-refractivity contribution in [3.63, 3.8) is 0 Å². The first-order chi connectivity index (χ1) is 13.6. The molecule has 0 fully saturated rings. The van der Waals surface area contributed by atoms with Crippen LogP contribution in [0.2, 0.25) is 0 Å². The molecule has 2 atom stereocenters. The number of carbonyl (C=O) groups excluding carboxylic acids is 2. The maximum absolute atomic E-state index is 13.4. The van der Waals surface area contributed by atoms with Gasteiger partial charge in [-0.1, -0.05) is 52.0 Å². The van der Waals surface area contributed by atoms with Crippen molar-refractivity contribution in [2.45, 2.75) is 51.4 Å². The molecule has 2 aliphatic rings. The van der Waals surface area contributed by atoms with Crippen molar-refractivity contribution in [1.82, 2.24) is 0 Å². The Morgan fingerprint density at radius 1 is 1.10 bits per heavy atom. The van der Waals surface area contributed by atoms with Crippen LogP contribution >= 0.6 is 0 Å². The second kappa shape index (κ2) is 6.40. The minimum Gasteiger partial charge on any atom is -0.454 e. The number of fused-ring (bicyclic) bond motifs is 5. The molecule has 2 aromatic carbocycles. The van der Waals surface area contributed by atoms with E-state index < -0.39 is 17.2 Å². The number of Topliss-reactive ketones (excluding diaryl/α,β-unsaturated/α-hetero) is 1. The Labute approximate surface area is 169 Å². The first-order valence-electron chi connectivity index (χ1n) is 9.86. The smallest absolute Gasteiger partial charge is 0.276 e. The quantitative estimate of drug-likeness (QED) is 0.737. The number of hydrogen-bond acceptors (Lipinski definition) is 5. The Hall–Kier alpha value is -2.70. The van der Waals surface area contributed by atoms with Crippen LogP contribution in [0.25, 0.3) is 0 Å². The van der Waals surface area contributed by atoms with Gasteiger partial charge in [0.1, 0.15) is 5.75 Å². The average Bonchev–Trinajstić information content (AvgIpc) is 2.97. The summed E-state index contributed by atoms with van der Waals surface area (Å²) in [6, 6.07) is 9.94. The second-order valence-electron chi connectivity index (χ2n) is 8.57. The van der Waals surface area contributed by atoms with Crippen LogP contribution in [0.4, 0.5) is 5.69 Å². The summed E-state index contributed by atoms with van der Waals surface area (Å²) in [5, 5.41) is 25.5. The average molecular weight is 395 g/mol. The standard InChI is InChI=1S/C23H25NO5/c1-12(2)10-19(25)24-17-7-5-6-16-20(17)21(26)22(27)15-9-8-14(13(3)4)11-18(15)29-23(16,22)28/h5-9,11-13,27-28H,10H2,1-4H3,(H,24,25).